The average molecular weight is 441 g/mol. The van der Waals surface area contributed by atoms with Crippen molar-refractivity contribution in [2.24, 2.45) is 17.8 Å². The third kappa shape index (κ3) is 6.18. The summed E-state index contributed by atoms with van der Waals surface area (Å²) in [5, 5.41) is 7.46. The molecule has 1 fully saturated rings. The number of carbonyl (C=O) groups excluding carboxylic acids is 1. The third-order valence-electron chi connectivity index (χ3n) is 6.54. The molecule has 1 aromatic heterocycles. The Morgan fingerprint density at radius 3 is 2.22 bits per heavy atom. The van der Waals surface area contributed by atoms with Crippen LogP contribution in [-0.4, -0.2) is 40.1 Å². The van der Waals surface area contributed by atoms with E-state index in [1.807, 2.05) is 0 Å². The summed E-state index contributed by atoms with van der Waals surface area (Å²) in [4.78, 5) is 19.7. The highest BCUT2D eigenvalue weighted by molar-refractivity contribution is 5.79. The summed E-state index contributed by atoms with van der Waals surface area (Å²) in [5.41, 5.74) is 2.37. The van der Waals surface area contributed by atoms with Crippen LogP contribution in [0.1, 0.15) is 72.8 Å². The first-order chi connectivity index (χ1) is 15.0. The number of aromatic nitrogens is 2. The molecule has 6 nitrogen and oxygen atoms in total. The predicted octanol–water partition coefficient (Wildman–Crippen LogP) is 5.04. The monoisotopic (exact) mass is 440 g/mol. The van der Waals surface area contributed by atoms with E-state index in [0.29, 0.717) is 30.1 Å². The zero-order valence-electron chi connectivity index (χ0n) is 20.8. The van der Waals surface area contributed by atoms with E-state index in [1.54, 1.807) is 0 Å². The van der Waals surface area contributed by atoms with E-state index in [0.717, 1.165) is 31.5 Å². The molecule has 0 radical (unpaired) electrons. The number of rotatable bonds is 7. The van der Waals surface area contributed by atoms with Crippen molar-refractivity contribution < 1.29 is 9.32 Å². The number of nitrogens with one attached hydrogen (secondary N) is 1. The second-order valence-electron chi connectivity index (χ2n) is 10.9. The van der Waals surface area contributed by atoms with E-state index in [2.05, 4.69) is 93.1 Å². The molecule has 32 heavy (non-hydrogen) atoms. The van der Waals surface area contributed by atoms with Crippen molar-refractivity contribution in [3.05, 3.63) is 35.7 Å². The largest absolute Gasteiger partial charge is 0.353 e. The first-order valence-electron chi connectivity index (χ1n) is 12.0. The normalized spacial score (nSPS) is 16.3. The number of hydrogen-bond acceptors (Lipinski definition) is 5. The summed E-state index contributed by atoms with van der Waals surface area (Å²) in [7, 11) is 0. The van der Waals surface area contributed by atoms with Crippen molar-refractivity contribution in [3.8, 4) is 11.4 Å². The smallest absolute Gasteiger partial charge is 0.241 e. The molecule has 0 unspecified atom stereocenters. The minimum absolute atomic E-state index is 0.0887. The van der Waals surface area contributed by atoms with Crippen molar-refractivity contribution in [2.75, 3.05) is 13.1 Å². The molecular weight excluding hydrogens is 400 g/mol. The fraction of sp³-hybridized carbons (Fsp3) is 0.654. The minimum atomic E-state index is 0.0887. The van der Waals surface area contributed by atoms with Crippen LogP contribution in [0.4, 0.5) is 0 Å². The maximum atomic E-state index is 12.8. The Balaban J connectivity index is 1.52. The van der Waals surface area contributed by atoms with Crippen LogP contribution in [-0.2, 0) is 16.8 Å². The van der Waals surface area contributed by atoms with Gasteiger partial charge >= 0.3 is 0 Å². The van der Waals surface area contributed by atoms with Crippen LogP contribution in [0.25, 0.3) is 11.4 Å². The molecule has 0 aliphatic carbocycles. The lowest BCUT2D eigenvalue weighted by Gasteiger charge is -2.33. The molecule has 6 heteroatoms. The fourth-order valence-electron chi connectivity index (χ4n) is 4.49. The van der Waals surface area contributed by atoms with Gasteiger partial charge in [-0.25, -0.2) is 0 Å². The molecule has 0 atom stereocenters. The number of hydrogen-bond donors (Lipinski definition) is 1. The van der Waals surface area contributed by atoms with Gasteiger partial charge in [0.15, 0.2) is 0 Å². The molecule has 1 N–H and O–H groups in total. The lowest BCUT2D eigenvalue weighted by Crippen LogP contribution is -2.47. The Kier molecular flexibility index (Phi) is 7.75. The van der Waals surface area contributed by atoms with E-state index in [9.17, 15) is 4.79 Å². The first-order valence-corrected chi connectivity index (χ1v) is 12.0. The highest BCUT2D eigenvalue weighted by Crippen LogP contribution is 2.26. The van der Waals surface area contributed by atoms with E-state index < -0.39 is 0 Å². The first kappa shape index (κ1) is 24.4. The lowest BCUT2D eigenvalue weighted by atomic mass is 9.87. The summed E-state index contributed by atoms with van der Waals surface area (Å²) < 4.78 is 5.52. The third-order valence-corrected chi connectivity index (χ3v) is 6.54. The number of likely N-dealkylation sites (tertiary alicyclic amines) is 1. The van der Waals surface area contributed by atoms with Crippen LogP contribution in [0.2, 0.25) is 0 Å². The van der Waals surface area contributed by atoms with Gasteiger partial charge in [-0.05, 0) is 48.7 Å². The molecular formula is C26H40N4O2. The van der Waals surface area contributed by atoms with Crippen molar-refractivity contribution in [2.45, 2.75) is 79.3 Å². The molecule has 2 aromatic rings. The Bertz CT molecular complexity index is 864. The molecule has 1 aliphatic rings. The Morgan fingerprint density at radius 2 is 1.69 bits per heavy atom. The zero-order valence-corrected chi connectivity index (χ0v) is 20.8. The summed E-state index contributed by atoms with van der Waals surface area (Å²) in [5.74, 6) is 2.43. The second kappa shape index (κ2) is 10.2. The molecule has 1 saturated heterocycles. The molecule has 0 saturated carbocycles. The quantitative estimate of drug-likeness (QED) is 0.653. The van der Waals surface area contributed by atoms with Crippen LogP contribution in [0, 0.1) is 17.8 Å². The van der Waals surface area contributed by atoms with Gasteiger partial charge in [-0.3, -0.25) is 9.69 Å². The summed E-state index contributed by atoms with van der Waals surface area (Å²) in [6, 6.07) is 8.60. The molecule has 1 aromatic carbocycles. The van der Waals surface area contributed by atoms with Crippen molar-refractivity contribution in [3.63, 3.8) is 0 Å². The standard InChI is InChI=1S/C26H40N4O2/c1-17(2)23(18(3)4)28-25(31)20-12-14-30(15-13-20)16-22-27-24(29-32-22)19-8-10-21(11-9-19)26(5,6)7/h8-11,17-18,20,23H,12-16H2,1-7H3,(H,28,31). The number of nitrogens with zero attached hydrogens (tertiary/aromatic N) is 3. The van der Waals surface area contributed by atoms with Gasteiger partial charge in [0.25, 0.3) is 0 Å². The van der Waals surface area contributed by atoms with E-state index >= 15 is 0 Å². The van der Waals surface area contributed by atoms with Crippen molar-refractivity contribution in [1.29, 1.82) is 0 Å². The van der Waals surface area contributed by atoms with Crippen LogP contribution in [0.3, 0.4) is 0 Å². The summed E-state index contributed by atoms with van der Waals surface area (Å²) in [6.45, 7) is 17.7. The van der Waals surface area contributed by atoms with Crippen LogP contribution in [0.5, 0.6) is 0 Å². The van der Waals surface area contributed by atoms with Gasteiger partial charge in [0.2, 0.25) is 17.6 Å². The van der Waals surface area contributed by atoms with Crippen LogP contribution >= 0.6 is 0 Å². The Hall–Kier alpha value is -2.21. The van der Waals surface area contributed by atoms with Gasteiger partial charge < -0.3 is 9.84 Å². The summed E-state index contributed by atoms with van der Waals surface area (Å²) in [6.07, 6.45) is 1.73. The molecule has 2 heterocycles. The van der Waals surface area contributed by atoms with E-state index in [1.165, 1.54) is 5.56 Å². The predicted molar refractivity (Wildman–Crippen MR) is 128 cm³/mol. The van der Waals surface area contributed by atoms with Gasteiger partial charge in [-0.1, -0.05) is 77.9 Å². The molecule has 1 aliphatic heterocycles. The number of carbonyl (C=O) groups is 1. The molecule has 1 amide bonds. The summed E-state index contributed by atoms with van der Waals surface area (Å²) >= 11 is 0. The number of piperidine rings is 1. The Labute approximate surface area is 193 Å². The molecule has 0 bridgehead atoms. The van der Waals surface area contributed by atoms with Crippen LogP contribution < -0.4 is 5.32 Å². The average Bonchev–Trinajstić information content (AvgIpc) is 3.20. The molecule has 3 rings (SSSR count). The van der Waals surface area contributed by atoms with Gasteiger partial charge in [0.05, 0.1) is 6.54 Å². The van der Waals surface area contributed by atoms with Gasteiger partial charge in [-0.15, -0.1) is 0 Å². The van der Waals surface area contributed by atoms with Gasteiger partial charge in [-0.2, -0.15) is 4.98 Å². The van der Waals surface area contributed by atoms with Gasteiger partial charge in [0, 0.05) is 17.5 Å². The van der Waals surface area contributed by atoms with Crippen LogP contribution in [0.15, 0.2) is 28.8 Å². The highest BCUT2D eigenvalue weighted by Gasteiger charge is 2.29. The van der Waals surface area contributed by atoms with Crippen molar-refractivity contribution in [1.82, 2.24) is 20.4 Å². The topological polar surface area (TPSA) is 71.3 Å². The SMILES string of the molecule is CC(C)C(NC(=O)C1CCN(Cc2nc(-c3ccc(C(C)(C)C)cc3)no2)CC1)C(C)C. The lowest BCUT2D eigenvalue weighted by molar-refractivity contribution is -0.127. The van der Waals surface area contributed by atoms with E-state index in [-0.39, 0.29) is 23.3 Å². The van der Waals surface area contributed by atoms with Gasteiger partial charge in [0.1, 0.15) is 0 Å². The number of amides is 1. The second-order valence-corrected chi connectivity index (χ2v) is 10.9. The molecule has 0 spiro atoms. The van der Waals surface area contributed by atoms with Crippen molar-refractivity contribution >= 4 is 5.91 Å². The Morgan fingerprint density at radius 1 is 1.09 bits per heavy atom. The van der Waals surface area contributed by atoms with E-state index in [4.69, 9.17) is 4.52 Å². The zero-order chi connectivity index (χ0) is 23.5. The maximum absolute atomic E-state index is 12.8. The highest BCUT2D eigenvalue weighted by atomic mass is 16.5. The molecule has 176 valence electrons. The minimum Gasteiger partial charge on any atom is -0.353 e. The number of benzene rings is 1. The fourth-order valence-corrected chi connectivity index (χ4v) is 4.49. The maximum Gasteiger partial charge on any atom is 0.241 e.